The van der Waals surface area contributed by atoms with Gasteiger partial charge >= 0.3 is 5.97 Å². The molecule has 1 unspecified atom stereocenters. The van der Waals surface area contributed by atoms with Gasteiger partial charge in [0.05, 0.1) is 5.92 Å². The molecule has 1 aromatic heterocycles. The SMILES string of the molecule is Cn1cc(CC(CCN)C(=O)O)c2c(Br)cccc21. The number of hydrogen-bond acceptors (Lipinski definition) is 2. The minimum atomic E-state index is -0.783. The second-order valence-electron chi connectivity index (χ2n) is 4.72. The number of carboxylic acids is 1. The minimum Gasteiger partial charge on any atom is -0.481 e. The van der Waals surface area contributed by atoms with Gasteiger partial charge in [-0.05, 0) is 37.1 Å². The van der Waals surface area contributed by atoms with Crippen LogP contribution in [0.2, 0.25) is 0 Å². The molecular formula is C14H17BrN2O2. The molecule has 4 nitrogen and oxygen atoms in total. The Balaban J connectivity index is 2.42. The number of carbonyl (C=O) groups is 1. The zero-order chi connectivity index (χ0) is 14.0. The van der Waals surface area contributed by atoms with E-state index in [0.717, 1.165) is 20.9 Å². The fourth-order valence-electron chi connectivity index (χ4n) is 2.43. The van der Waals surface area contributed by atoms with Gasteiger partial charge in [0, 0.05) is 28.6 Å². The first kappa shape index (κ1) is 14.1. The van der Waals surface area contributed by atoms with Crippen LogP contribution in [0.15, 0.2) is 28.9 Å². The van der Waals surface area contributed by atoms with Gasteiger partial charge in [-0.2, -0.15) is 0 Å². The smallest absolute Gasteiger partial charge is 0.306 e. The molecule has 0 saturated heterocycles. The molecule has 1 aromatic carbocycles. The van der Waals surface area contributed by atoms with Crippen LogP contribution in [0.4, 0.5) is 0 Å². The summed E-state index contributed by atoms with van der Waals surface area (Å²) in [6.07, 6.45) is 3.00. The zero-order valence-electron chi connectivity index (χ0n) is 10.8. The number of nitrogens with zero attached hydrogens (tertiary/aromatic N) is 1. The molecule has 2 rings (SSSR count). The van der Waals surface area contributed by atoms with E-state index in [1.165, 1.54) is 0 Å². The van der Waals surface area contributed by atoms with Crippen molar-refractivity contribution in [3.05, 3.63) is 34.4 Å². The molecule has 19 heavy (non-hydrogen) atoms. The summed E-state index contributed by atoms with van der Waals surface area (Å²) in [4.78, 5) is 11.2. The number of fused-ring (bicyclic) bond motifs is 1. The number of halogens is 1. The number of nitrogens with two attached hydrogens (primary N) is 1. The molecule has 3 N–H and O–H groups in total. The largest absolute Gasteiger partial charge is 0.481 e. The standard InChI is InChI=1S/C14H17BrN2O2/c1-17-8-10(7-9(5-6-16)14(18)19)13-11(15)3-2-4-12(13)17/h2-4,8-9H,5-7,16H2,1H3,(H,18,19). The Hall–Kier alpha value is -1.33. The van der Waals surface area contributed by atoms with Gasteiger partial charge in [-0.3, -0.25) is 4.79 Å². The van der Waals surface area contributed by atoms with Gasteiger partial charge in [-0.25, -0.2) is 0 Å². The third-order valence-corrected chi connectivity index (χ3v) is 4.03. The van der Waals surface area contributed by atoms with E-state index in [9.17, 15) is 9.90 Å². The van der Waals surface area contributed by atoms with E-state index in [1.54, 1.807) is 0 Å². The van der Waals surface area contributed by atoms with Gasteiger partial charge < -0.3 is 15.4 Å². The van der Waals surface area contributed by atoms with E-state index in [-0.39, 0.29) is 0 Å². The van der Waals surface area contributed by atoms with Crippen LogP contribution in [-0.2, 0) is 18.3 Å². The molecular weight excluding hydrogens is 308 g/mol. The second-order valence-corrected chi connectivity index (χ2v) is 5.57. The van der Waals surface area contributed by atoms with E-state index < -0.39 is 11.9 Å². The van der Waals surface area contributed by atoms with Crippen LogP contribution in [0.3, 0.4) is 0 Å². The molecule has 0 spiro atoms. The zero-order valence-corrected chi connectivity index (χ0v) is 12.4. The van der Waals surface area contributed by atoms with Crippen molar-refractivity contribution in [3.63, 3.8) is 0 Å². The van der Waals surface area contributed by atoms with Gasteiger partial charge in [-0.15, -0.1) is 0 Å². The Morgan fingerprint density at radius 3 is 2.89 bits per heavy atom. The average Bonchev–Trinajstić information content (AvgIpc) is 2.67. The van der Waals surface area contributed by atoms with E-state index >= 15 is 0 Å². The van der Waals surface area contributed by atoms with Gasteiger partial charge in [0.15, 0.2) is 0 Å². The van der Waals surface area contributed by atoms with Crippen LogP contribution in [0.1, 0.15) is 12.0 Å². The van der Waals surface area contributed by atoms with Crippen molar-refractivity contribution in [2.45, 2.75) is 12.8 Å². The summed E-state index contributed by atoms with van der Waals surface area (Å²) >= 11 is 3.54. The number of benzene rings is 1. The number of aliphatic carboxylic acids is 1. The van der Waals surface area contributed by atoms with Crippen LogP contribution in [0.25, 0.3) is 10.9 Å². The first-order valence-corrected chi connectivity index (χ1v) is 6.99. The van der Waals surface area contributed by atoms with E-state index in [2.05, 4.69) is 15.9 Å². The number of hydrogen-bond donors (Lipinski definition) is 2. The average molecular weight is 325 g/mol. The van der Waals surface area contributed by atoms with Crippen LogP contribution >= 0.6 is 15.9 Å². The number of rotatable bonds is 5. The molecule has 5 heteroatoms. The highest BCUT2D eigenvalue weighted by molar-refractivity contribution is 9.10. The predicted molar refractivity (Wildman–Crippen MR) is 79.1 cm³/mol. The van der Waals surface area contributed by atoms with Gasteiger partial charge in [0.25, 0.3) is 0 Å². The normalized spacial score (nSPS) is 12.8. The predicted octanol–water partition coefficient (Wildman–Crippen LogP) is 2.53. The molecule has 2 aromatic rings. The highest BCUT2D eigenvalue weighted by Crippen LogP contribution is 2.30. The monoisotopic (exact) mass is 324 g/mol. The molecule has 102 valence electrons. The lowest BCUT2D eigenvalue weighted by Gasteiger charge is -2.10. The van der Waals surface area contributed by atoms with Crippen LogP contribution in [0.5, 0.6) is 0 Å². The maximum atomic E-state index is 11.2. The molecule has 0 aliphatic rings. The molecule has 0 aliphatic carbocycles. The Bertz CT molecular complexity index is 607. The van der Waals surface area contributed by atoms with Crippen molar-refractivity contribution in [1.29, 1.82) is 0 Å². The molecule has 0 amide bonds. The van der Waals surface area contributed by atoms with E-state index in [1.807, 2.05) is 36.0 Å². The van der Waals surface area contributed by atoms with Crippen LogP contribution in [-0.4, -0.2) is 22.2 Å². The lowest BCUT2D eigenvalue weighted by atomic mass is 9.96. The lowest BCUT2D eigenvalue weighted by molar-refractivity contribution is -0.141. The van der Waals surface area contributed by atoms with Crippen molar-refractivity contribution >= 4 is 32.8 Å². The van der Waals surface area contributed by atoms with Gasteiger partial charge in [0.1, 0.15) is 0 Å². The quantitative estimate of drug-likeness (QED) is 0.888. The molecule has 0 aliphatic heterocycles. The van der Waals surface area contributed by atoms with Crippen molar-refractivity contribution in [1.82, 2.24) is 4.57 Å². The summed E-state index contributed by atoms with van der Waals surface area (Å²) in [5.74, 6) is -1.21. The highest BCUT2D eigenvalue weighted by atomic mass is 79.9. The lowest BCUT2D eigenvalue weighted by Crippen LogP contribution is -2.20. The number of carboxylic acid groups (broad SMARTS) is 1. The molecule has 0 saturated carbocycles. The molecule has 1 atom stereocenters. The molecule has 0 bridgehead atoms. The Kier molecular flexibility index (Phi) is 4.27. The second kappa shape index (κ2) is 5.75. The van der Waals surface area contributed by atoms with Crippen molar-refractivity contribution in [2.24, 2.45) is 18.7 Å². The fourth-order valence-corrected chi connectivity index (χ4v) is 3.04. The van der Waals surface area contributed by atoms with E-state index in [4.69, 9.17) is 5.73 Å². The number of aromatic nitrogens is 1. The maximum absolute atomic E-state index is 11.2. The molecule has 0 radical (unpaired) electrons. The summed E-state index contributed by atoms with van der Waals surface area (Å²) in [6, 6.07) is 5.98. The first-order chi connectivity index (χ1) is 9.04. The van der Waals surface area contributed by atoms with Crippen molar-refractivity contribution in [3.8, 4) is 0 Å². The molecule has 0 fully saturated rings. The summed E-state index contributed by atoms with van der Waals surface area (Å²) in [6.45, 7) is 0.392. The Morgan fingerprint density at radius 1 is 1.53 bits per heavy atom. The first-order valence-electron chi connectivity index (χ1n) is 6.20. The third kappa shape index (κ3) is 2.82. The van der Waals surface area contributed by atoms with Crippen LogP contribution in [0, 0.1) is 5.92 Å². The summed E-state index contributed by atoms with van der Waals surface area (Å²) < 4.78 is 3.02. The van der Waals surface area contributed by atoms with Crippen LogP contribution < -0.4 is 5.73 Å². The third-order valence-electron chi connectivity index (χ3n) is 3.37. The summed E-state index contributed by atoms with van der Waals surface area (Å²) in [7, 11) is 1.97. The van der Waals surface area contributed by atoms with Gasteiger partial charge in [0.2, 0.25) is 0 Å². The highest BCUT2D eigenvalue weighted by Gasteiger charge is 2.20. The van der Waals surface area contributed by atoms with Crippen molar-refractivity contribution in [2.75, 3.05) is 6.54 Å². The fraction of sp³-hybridized carbons (Fsp3) is 0.357. The Morgan fingerprint density at radius 2 is 2.26 bits per heavy atom. The maximum Gasteiger partial charge on any atom is 0.306 e. The summed E-state index contributed by atoms with van der Waals surface area (Å²) in [5, 5.41) is 10.3. The van der Waals surface area contributed by atoms with E-state index in [0.29, 0.717) is 19.4 Å². The van der Waals surface area contributed by atoms with Crippen molar-refractivity contribution < 1.29 is 9.90 Å². The minimum absolute atomic E-state index is 0.392. The Labute approximate surface area is 120 Å². The van der Waals surface area contributed by atoms with Gasteiger partial charge in [-0.1, -0.05) is 22.0 Å². The number of aryl methyl sites for hydroxylation is 1. The summed E-state index contributed by atoms with van der Waals surface area (Å²) in [5.41, 5.74) is 7.64. The topological polar surface area (TPSA) is 68.2 Å². The molecule has 1 heterocycles.